The van der Waals surface area contributed by atoms with Crippen molar-refractivity contribution < 1.29 is 28.7 Å². The SMILES string of the molecule is CC[C@@H](C)C(NC(=O)[C@H](Cc1ccccc1)NC(=O)[C@H](C)NC(=O)OCc1ccccc1)C(=O)[C@]1(C)CO1. The van der Waals surface area contributed by atoms with E-state index in [4.69, 9.17) is 9.47 Å². The summed E-state index contributed by atoms with van der Waals surface area (Å²) in [4.78, 5) is 51.7. The summed E-state index contributed by atoms with van der Waals surface area (Å²) in [6.45, 7) is 7.45. The molecule has 0 radical (unpaired) electrons. The fourth-order valence-electron chi connectivity index (χ4n) is 3.90. The fourth-order valence-corrected chi connectivity index (χ4v) is 3.90. The van der Waals surface area contributed by atoms with Gasteiger partial charge in [0.1, 0.15) is 24.3 Å². The average Bonchev–Trinajstić information content (AvgIpc) is 3.68. The van der Waals surface area contributed by atoms with Crippen LogP contribution in [0.15, 0.2) is 60.7 Å². The molecule has 204 valence electrons. The van der Waals surface area contributed by atoms with Gasteiger partial charge in [-0.1, -0.05) is 80.9 Å². The van der Waals surface area contributed by atoms with Crippen LogP contribution >= 0.6 is 0 Å². The van der Waals surface area contributed by atoms with E-state index in [-0.39, 0.29) is 24.7 Å². The normalized spacial score (nSPS) is 19.3. The van der Waals surface area contributed by atoms with Crippen LogP contribution in [0.25, 0.3) is 0 Å². The average molecular weight is 524 g/mol. The van der Waals surface area contributed by atoms with E-state index in [9.17, 15) is 19.2 Å². The number of epoxide rings is 1. The lowest BCUT2D eigenvalue weighted by Gasteiger charge is -2.28. The summed E-state index contributed by atoms with van der Waals surface area (Å²) in [6.07, 6.45) is 0.133. The number of hydrogen-bond donors (Lipinski definition) is 3. The van der Waals surface area contributed by atoms with Crippen LogP contribution < -0.4 is 16.0 Å². The van der Waals surface area contributed by atoms with E-state index in [1.54, 1.807) is 6.92 Å². The van der Waals surface area contributed by atoms with Gasteiger partial charge in [0, 0.05) is 6.42 Å². The maximum absolute atomic E-state index is 13.4. The molecule has 38 heavy (non-hydrogen) atoms. The predicted molar refractivity (Wildman–Crippen MR) is 142 cm³/mol. The second-order valence-electron chi connectivity index (χ2n) is 9.93. The first-order valence-corrected chi connectivity index (χ1v) is 12.9. The summed E-state index contributed by atoms with van der Waals surface area (Å²) >= 11 is 0. The van der Waals surface area contributed by atoms with E-state index in [1.807, 2.05) is 74.5 Å². The minimum atomic E-state index is -0.971. The molecule has 0 spiro atoms. The zero-order chi connectivity index (χ0) is 27.7. The molecule has 1 aliphatic heterocycles. The van der Waals surface area contributed by atoms with Crippen LogP contribution in [0.1, 0.15) is 45.2 Å². The van der Waals surface area contributed by atoms with Crippen molar-refractivity contribution in [2.24, 2.45) is 5.92 Å². The van der Waals surface area contributed by atoms with Gasteiger partial charge >= 0.3 is 6.09 Å². The minimum absolute atomic E-state index is 0.0632. The van der Waals surface area contributed by atoms with E-state index in [2.05, 4.69) is 16.0 Å². The smallest absolute Gasteiger partial charge is 0.408 e. The molecule has 1 unspecified atom stereocenters. The number of ether oxygens (including phenoxy) is 2. The third-order valence-electron chi connectivity index (χ3n) is 6.75. The lowest BCUT2D eigenvalue weighted by atomic mass is 9.89. The molecule has 0 bridgehead atoms. The minimum Gasteiger partial charge on any atom is -0.445 e. The van der Waals surface area contributed by atoms with Crippen molar-refractivity contribution in [3.05, 3.63) is 71.8 Å². The molecule has 9 nitrogen and oxygen atoms in total. The number of hydrogen-bond acceptors (Lipinski definition) is 6. The molecular weight excluding hydrogens is 486 g/mol. The van der Waals surface area contributed by atoms with Crippen molar-refractivity contribution in [2.75, 3.05) is 6.61 Å². The predicted octanol–water partition coefficient (Wildman–Crippen LogP) is 2.92. The van der Waals surface area contributed by atoms with Gasteiger partial charge in [-0.3, -0.25) is 14.4 Å². The highest BCUT2D eigenvalue weighted by molar-refractivity contribution is 5.98. The van der Waals surface area contributed by atoms with Gasteiger partial charge in [-0.15, -0.1) is 0 Å². The monoisotopic (exact) mass is 523 g/mol. The second-order valence-corrected chi connectivity index (χ2v) is 9.93. The molecule has 3 amide bonds. The zero-order valence-electron chi connectivity index (χ0n) is 22.4. The highest BCUT2D eigenvalue weighted by Crippen LogP contribution is 2.30. The molecule has 1 saturated heterocycles. The Morgan fingerprint density at radius 3 is 2.03 bits per heavy atom. The van der Waals surface area contributed by atoms with Gasteiger partial charge in [-0.05, 0) is 30.9 Å². The maximum Gasteiger partial charge on any atom is 0.408 e. The Kier molecular flexibility index (Phi) is 10.0. The molecule has 9 heteroatoms. The zero-order valence-corrected chi connectivity index (χ0v) is 22.4. The fraction of sp³-hybridized carbons (Fsp3) is 0.448. The van der Waals surface area contributed by atoms with Crippen LogP contribution in [0.3, 0.4) is 0 Å². The Balaban J connectivity index is 1.66. The molecule has 0 aliphatic carbocycles. The molecule has 5 atom stereocenters. The van der Waals surface area contributed by atoms with Crippen molar-refractivity contribution in [2.45, 2.75) is 70.9 Å². The van der Waals surface area contributed by atoms with Crippen LogP contribution in [0.2, 0.25) is 0 Å². The molecule has 3 N–H and O–H groups in total. The van der Waals surface area contributed by atoms with E-state index in [1.165, 1.54) is 6.92 Å². The molecule has 0 saturated carbocycles. The number of ketones is 1. The molecule has 2 aromatic rings. The number of Topliss-reactive ketones (excluding diaryl/α,β-unsaturated/α-hetero) is 1. The second kappa shape index (κ2) is 13.2. The maximum atomic E-state index is 13.4. The number of amides is 3. The largest absolute Gasteiger partial charge is 0.445 e. The third kappa shape index (κ3) is 8.14. The molecule has 3 rings (SSSR count). The Bertz CT molecular complexity index is 1100. The van der Waals surface area contributed by atoms with Gasteiger partial charge < -0.3 is 25.4 Å². The first kappa shape index (κ1) is 28.8. The molecule has 1 heterocycles. The molecule has 2 aromatic carbocycles. The van der Waals surface area contributed by atoms with Crippen molar-refractivity contribution >= 4 is 23.7 Å². The number of carbonyl (C=O) groups is 4. The highest BCUT2D eigenvalue weighted by Gasteiger charge is 2.51. The van der Waals surface area contributed by atoms with Gasteiger partial charge in [0.05, 0.1) is 12.6 Å². The molecular formula is C29H37N3O6. The highest BCUT2D eigenvalue weighted by atomic mass is 16.6. The van der Waals surface area contributed by atoms with Gasteiger partial charge in [0.2, 0.25) is 11.8 Å². The van der Waals surface area contributed by atoms with Crippen LogP contribution in [0, 0.1) is 5.92 Å². The first-order valence-electron chi connectivity index (χ1n) is 12.9. The third-order valence-corrected chi connectivity index (χ3v) is 6.75. The summed E-state index contributed by atoms with van der Waals surface area (Å²) < 4.78 is 10.5. The van der Waals surface area contributed by atoms with E-state index < -0.39 is 41.6 Å². The van der Waals surface area contributed by atoms with Crippen molar-refractivity contribution in [1.29, 1.82) is 0 Å². The number of alkyl carbamates (subject to hydrolysis) is 1. The Labute approximate surface area is 223 Å². The topological polar surface area (TPSA) is 126 Å². The molecule has 1 aliphatic rings. The summed E-state index contributed by atoms with van der Waals surface area (Å²) in [5.41, 5.74) is 0.757. The molecule has 0 aromatic heterocycles. The van der Waals surface area contributed by atoms with Crippen LogP contribution in [-0.2, 0) is 36.9 Å². The van der Waals surface area contributed by atoms with Crippen LogP contribution in [0.5, 0.6) is 0 Å². The van der Waals surface area contributed by atoms with E-state index in [0.29, 0.717) is 13.0 Å². The number of nitrogens with one attached hydrogen (secondary N) is 3. The summed E-state index contributed by atoms with van der Waals surface area (Å²) in [5, 5.41) is 8.10. The standard InChI is InChI=1S/C29H37N3O6/c1-5-19(2)24(25(33)29(4)18-38-29)32-27(35)23(16-21-12-8-6-9-13-21)31-26(34)20(3)30-28(36)37-17-22-14-10-7-11-15-22/h6-15,19-20,23-24H,5,16-18H2,1-4H3,(H,30,36)(H,31,34)(H,32,35)/t19-,20+,23+,24?,29+/m1/s1. The summed E-state index contributed by atoms with van der Waals surface area (Å²) in [7, 11) is 0. The number of carbonyl (C=O) groups excluding carboxylic acids is 4. The number of benzene rings is 2. The van der Waals surface area contributed by atoms with Crippen molar-refractivity contribution in [3.63, 3.8) is 0 Å². The Morgan fingerprint density at radius 1 is 0.895 bits per heavy atom. The van der Waals surface area contributed by atoms with E-state index in [0.717, 1.165) is 11.1 Å². The Morgan fingerprint density at radius 2 is 1.47 bits per heavy atom. The molecule has 1 fully saturated rings. The van der Waals surface area contributed by atoms with E-state index >= 15 is 0 Å². The van der Waals surface area contributed by atoms with Crippen LogP contribution in [-0.4, -0.2) is 54.0 Å². The van der Waals surface area contributed by atoms with Crippen LogP contribution in [0.4, 0.5) is 4.79 Å². The quantitative estimate of drug-likeness (QED) is 0.347. The van der Waals surface area contributed by atoms with Gasteiger partial charge in [0.25, 0.3) is 0 Å². The lowest BCUT2D eigenvalue weighted by Crippen LogP contribution is -2.58. The van der Waals surface area contributed by atoms with Crippen molar-refractivity contribution in [1.82, 2.24) is 16.0 Å². The lowest BCUT2D eigenvalue weighted by molar-refractivity contribution is -0.134. The first-order chi connectivity index (χ1) is 18.1. The summed E-state index contributed by atoms with van der Waals surface area (Å²) in [6, 6.07) is 15.7. The van der Waals surface area contributed by atoms with Crippen molar-refractivity contribution in [3.8, 4) is 0 Å². The van der Waals surface area contributed by atoms with Gasteiger partial charge in [-0.2, -0.15) is 0 Å². The van der Waals surface area contributed by atoms with Gasteiger partial charge in [0.15, 0.2) is 5.78 Å². The summed E-state index contributed by atoms with van der Waals surface area (Å²) in [5.74, 6) is -1.34. The van der Waals surface area contributed by atoms with Gasteiger partial charge in [-0.25, -0.2) is 4.79 Å². The number of rotatable bonds is 13. The Hall–Kier alpha value is -3.72.